The zero-order valence-electron chi connectivity index (χ0n) is 11.5. The lowest BCUT2D eigenvalue weighted by Crippen LogP contribution is -2.36. The van der Waals surface area contributed by atoms with Gasteiger partial charge in [-0.05, 0) is 33.9 Å². The van der Waals surface area contributed by atoms with Crippen molar-refractivity contribution in [1.29, 1.82) is 0 Å². The monoisotopic (exact) mass is 247 g/mol. The highest BCUT2D eigenvalue weighted by Crippen LogP contribution is 2.22. The van der Waals surface area contributed by atoms with E-state index in [2.05, 4.69) is 40.7 Å². The molecule has 2 rings (SSSR count). The van der Waals surface area contributed by atoms with Crippen LogP contribution in [0.5, 0.6) is 0 Å². The molecule has 0 fully saturated rings. The van der Waals surface area contributed by atoms with Crippen LogP contribution >= 0.6 is 0 Å². The molecule has 0 aliphatic heterocycles. The highest BCUT2D eigenvalue weighted by Gasteiger charge is 2.24. The smallest absolute Gasteiger partial charge is 0.0951 e. The minimum Gasteiger partial charge on any atom is -0.328 e. The maximum Gasteiger partial charge on any atom is 0.0951 e. The molecule has 0 aliphatic carbocycles. The van der Waals surface area contributed by atoms with Crippen molar-refractivity contribution in [2.75, 3.05) is 7.05 Å². The lowest BCUT2D eigenvalue weighted by molar-refractivity contribution is 0.365. The van der Waals surface area contributed by atoms with Crippen LogP contribution in [-0.4, -0.2) is 26.4 Å². The summed E-state index contributed by atoms with van der Waals surface area (Å²) in [6, 6.07) is 2.26. The summed E-state index contributed by atoms with van der Waals surface area (Å²) in [5, 5.41) is 7.56. The SMILES string of the molecule is CNC(C)(C)c1cncn1C(C)Cn1cccn1. The average Bonchev–Trinajstić information content (AvgIpc) is 2.99. The van der Waals surface area contributed by atoms with E-state index in [0.29, 0.717) is 6.04 Å². The van der Waals surface area contributed by atoms with Crippen LogP contribution in [0.1, 0.15) is 32.5 Å². The van der Waals surface area contributed by atoms with E-state index >= 15 is 0 Å². The van der Waals surface area contributed by atoms with E-state index in [1.54, 1.807) is 6.20 Å². The second-order valence-electron chi connectivity index (χ2n) is 5.14. The Morgan fingerprint density at radius 2 is 2.22 bits per heavy atom. The Morgan fingerprint density at radius 3 is 2.83 bits per heavy atom. The van der Waals surface area contributed by atoms with Crippen molar-refractivity contribution >= 4 is 0 Å². The van der Waals surface area contributed by atoms with Gasteiger partial charge in [-0.1, -0.05) is 0 Å². The normalized spacial score (nSPS) is 13.8. The molecule has 0 saturated heterocycles. The zero-order valence-corrected chi connectivity index (χ0v) is 11.5. The van der Waals surface area contributed by atoms with Gasteiger partial charge in [0, 0.05) is 12.4 Å². The van der Waals surface area contributed by atoms with Gasteiger partial charge in [0.25, 0.3) is 0 Å². The first-order valence-corrected chi connectivity index (χ1v) is 6.23. The molecule has 0 aliphatic rings. The maximum atomic E-state index is 4.28. The summed E-state index contributed by atoms with van der Waals surface area (Å²) in [5.74, 6) is 0. The van der Waals surface area contributed by atoms with Gasteiger partial charge < -0.3 is 9.88 Å². The van der Waals surface area contributed by atoms with E-state index in [0.717, 1.165) is 6.54 Å². The Balaban J connectivity index is 2.21. The van der Waals surface area contributed by atoms with Crippen molar-refractivity contribution in [3.05, 3.63) is 36.7 Å². The summed E-state index contributed by atoms with van der Waals surface area (Å²) in [7, 11) is 1.97. The van der Waals surface area contributed by atoms with Crippen LogP contribution in [0.4, 0.5) is 0 Å². The second kappa shape index (κ2) is 4.94. The molecule has 1 atom stereocenters. The highest BCUT2D eigenvalue weighted by atomic mass is 15.3. The average molecular weight is 247 g/mol. The number of hydrogen-bond donors (Lipinski definition) is 1. The van der Waals surface area contributed by atoms with Crippen molar-refractivity contribution < 1.29 is 0 Å². The summed E-state index contributed by atoms with van der Waals surface area (Å²) in [6.07, 6.45) is 7.61. The summed E-state index contributed by atoms with van der Waals surface area (Å²) >= 11 is 0. The minimum atomic E-state index is -0.0884. The molecule has 0 bridgehead atoms. The summed E-state index contributed by atoms with van der Waals surface area (Å²) in [5.41, 5.74) is 1.10. The van der Waals surface area contributed by atoms with Crippen LogP contribution in [0.2, 0.25) is 0 Å². The lowest BCUT2D eigenvalue weighted by Gasteiger charge is -2.28. The van der Waals surface area contributed by atoms with Gasteiger partial charge in [-0.15, -0.1) is 0 Å². The fourth-order valence-electron chi connectivity index (χ4n) is 2.04. The highest BCUT2D eigenvalue weighted by molar-refractivity contribution is 5.11. The second-order valence-corrected chi connectivity index (χ2v) is 5.14. The van der Waals surface area contributed by atoms with Crippen molar-refractivity contribution in [2.24, 2.45) is 0 Å². The standard InChI is InChI=1S/C13H21N5/c1-11(9-17-7-5-6-16-17)18-10-15-8-12(18)13(2,3)14-4/h5-8,10-11,14H,9H2,1-4H3. The first-order valence-electron chi connectivity index (χ1n) is 6.23. The number of rotatable bonds is 5. The fourth-order valence-corrected chi connectivity index (χ4v) is 2.04. The molecule has 0 radical (unpaired) electrons. The van der Waals surface area contributed by atoms with Gasteiger partial charge >= 0.3 is 0 Å². The quantitative estimate of drug-likeness (QED) is 0.876. The molecule has 0 saturated carbocycles. The molecule has 5 heteroatoms. The number of nitrogens with one attached hydrogen (secondary N) is 1. The van der Waals surface area contributed by atoms with Gasteiger partial charge in [-0.2, -0.15) is 5.10 Å². The Kier molecular flexibility index (Phi) is 3.52. The van der Waals surface area contributed by atoms with E-state index in [1.807, 2.05) is 36.5 Å². The third-order valence-electron chi connectivity index (χ3n) is 3.42. The number of nitrogens with zero attached hydrogens (tertiary/aromatic N) is 4. The molecule has 2 aromatic rings. The Labute approximate surface area is 108 Å². The maximum absolute atomic E-state index is 4.28. The molecule has 1 unspecified atom stereocenters. The predicted octanol–water partition coefficient (Wildman–Crippen LogP) is 1.80. The van der Waals surface area contributed by atoms with Gasteiger partial charge in [-0.25, -0.2) is 4.98 Å². The molecule has 18 heavy (non-hydrogen) atoms. The third kappa shape index (κ3) is 2.46. The molecule has 2 aromatic heterocycles. The van der Waals surface area contributed by atoms with Crippen LogP contribution in [0.15, 0.2) is 31.0 Å². The van der Waals surface area contributed by atoms with E-state index in [-0.39, 0.29) is 5.54 Å². The van der Waals surface area contributed by atoms with Crippen LogP contribution < -0.4 is 5.32 Å². The minimum absolute atomic E-state index is 0.0884. The molecular formula is C13H21N5. The van der Waals surface area contributed by atoms with Crippen LogP contribution in [0, 0.1) is 0 Å². The molecule has 0 aromatic carbocycles. The summed E-state index contributed by atoms with van der Waals surface area (Å²) < 4.78 is 4.15. The Hall–Kier alpha value is -1.62. The summed E-state index contributed by atoms with van der Waals surface area (Å²) in [6.45, 7) is 7.33. The molecule has 0 amide bonds. The topological polar surface area (TPSA) is 47.7 Å². The van der Waals surface area contributed by atoms with E-state index in [1.165, 1.54) is 5.69 Å². The first kappa shape index (κ1) is 12.8. The lowest BCUT2D eigenvalue weighted by atomic mass is 10.0. The number of imidazole rings is 1. The van der Waals surface area contributed by atoms with Crippen LogP contribution in [0.25, 0.3) is 0 Å². The molecule has 5 nitrogen and oxygen atoms in total. The van der Waals surface area contributed by atoms with Crippen molar-refractivity contribution in [1.82, 2.24) is 24.6 Å². The van der Waals surface area contributed by atoms with E-state index in [9.17, 15) is 0 Å². The number of hydrogen-bond acceptors (Lipinski definition) is 3. The van der Waals surface area contributed by atoms with Crippen molar-refractivity contribution in [3.63, 3.8) is 0 Å². The van der Waals surface area contributed by atoms with Gasteiger partial charge in [-0.3, -0.25) is 4.68 Å². The molecule has 1 N–H and O–H groups in total. The van der Waals surface area contributed by atoms with E-state index < -0.39 is 0 Å². The molecule has 0 spiro atoms. The molecule has 2 heterocycles. The van der Waals surface area contributed by atoms with Gasteiger partial charge in [0.15, 0.2) is 0 Å². The van der Waals surface area contributed by atoms with Crippen LogP contribution in [-0.2, 0) is 12.1 Å². The predicted molar refractivity (Wildman–Crippen MR) is 71.3 cm³/mol. The molecular weight excluding hydrogens is 226 g/mol. The van der Waals surface area contributed by atoms with Gasteiger partial charge in [0.05, 0.1) is 36.3 Å². The molecule has 98 valence electrons. The largest absolute Gasteiger partial charge is 0.328 e. The fraction of sp³-hybridized carbons (Fsp3) is 0.538. The van der Waals surface area contributed by atoms with Crippen LogP contribution in [0.3, 0.4) is 0 Å². The zero-order chi connectivity index (χ0) is 13.2. The first-order chi connectivity index (χ1) is 8.54. The third-order valence-corrected chi connectivity index (χ3v) is 3.42. The van der Waals surface area contributed by atoms with E-state index in [4.69, 9.17) is 0 Å². The summed E-state index contributed by atoms with van der Waals surface area (Å²) in [4.78, 5) is 4.28. The Bertz CT molecular complexity index is 483. The number of aromatic nitrogens is 4. The van der Waals surface area contributed by atoms with Gasteiger partial charge in [0.1, 0.15) is 0 Å². The van der Waals surface area contributed by atoms with Crippen molar-refractivity contribution in [3.8, 4) is 0 Å². The van der Waals surface area contributed by atoms with Crippen molar-refractivity contribution in [2.45, 2.75) is 38.9 Å². The Morgan fingerprint density at radius 1 is 1.44 bits per heavy atom. The van der Waals surface area contributed by atoms with Gasteiger partial charge in [0.2, 0.25) is 0 Å².